The molecule has 0 aliphatic rings. The van der Waals surface area contributed by atoms with Crippen LogP contribution in [-0.2, 0) is 0 Å². The third kappa shape index (κ3) is 4.16. The third-order valence-corrected chi connectivity index (χ3v) is 10.8. The van der Waals surface area contributed by atoms with Gasteiger partial charge in [-0.15, -0.1) is 0 Å². The minimum absolute atomic E-state index is 0.907. The van der Waals surface area contributed by atoms with Crippen molar-refractivity contribution in [1.82, 2.24) is 0 Å². The fourth-order valence-electron chi connectivity index (χ4n) is 8.62. The lowest BCUT2D eigenvalue weighted by molar-refractivity contribution is 0.669. The van der Waals surface area contributed by atoms with Crippen LogP contribution in [0.3, 0.4) is 0 Å². The molecule has 0 aliphatic heterocycles. The van der Waals surface area contributed by atoms with E-state index in [2.05, 4.69) is 182 Å². The molecule has 0 unspecified atom stereocenters. The Kier molecular flexibility index (Phi) is 6.02. The molecule has 0 amide bonds. The number of furan rings is 1. The summed E-state index contributed by atoms with van der Waals surface area (Å²) in [7, 11) is 0. The predicted molar refractivity (Wildman–Crippen MR) is 218 cm³/mol. The Hall–Kier alpha value is -6.70. The molecule has 11 aromatic rings. The molecule has 0 N–H and O–H groups in total. The lowest BCUT2D eigenvalue weighted by Gasteiger charge is -2.20. The Morgan fingerprint density at radius 3 is 1.53 bits per heavy atom. The predicted octanol–water partition coefficient (Wildman–Crippen LogP) is 14.4. The summed E-state index contributed by atoms with van der Waals surface area (Å²) in [4.78, 5) is 0. The molecular weight excluding hydrogens is 617 g/mol. The smallest absolute Gasteiger partial charge is 0.136 e. The second-order valence-electron chi connectivity index (χ2n) is 13.6. The zero-order chi connectivity index (χ0) is 33.5. The van der Waals surface area contributed by atoms with Crippen LogP contribution >= 0.6 is 0 Å². The molecule has 0 saturated heterocycles. The molecule has 236 valence electrons. The van der Waals surface area contributed by atoms with Gasteiger partial charge in [0.15, 0.2) is 0 Å². The van der Waals surface area contributed by atoms with Crippen LogP contribution in [0.2, 0.25) is 0 Å². The van der Waals surface area contributed by atoms with Gasteiger partial charge in [0.05, 0.1) is 0 Å². The fraction of sp³-hybridized carbons (Fsp3) is 0. The van der Waals surface area contributed by atoms with Gasteiger partial charge in [-0.1, -0.05) is 158 Å². The molecule has 0 bridgehead atoms. The van der Waals surface area contributed by atoms with E-state index in [0.29, 0.717) is 0 Å². The van der Waals surface area contributed by atoms with Crippen molar-refractivity contribution in [1.29, 1.82) is 0 Å². The van der Waals surface area contributed by atoms with E-state index in [1.165, 1.54) is 92.6 Å². The molecular formula is C50H30O. The van der Waals surface area contributed by atoms with Gasteiger partial charge in [0.2, 0.25) is 0 Å². The Morgan fingerprint density at radius 1 is 0.275 bits per heavy atom. The maximum atomic E-state index is 6.58. The van der Waals surface area contributed by atoms with E-state index in [0.717, 1.165) is 16.6 Å². The van der Waals surface area contributed by atoms with Gasteiger partial charge in [-0.3, -0.25) is 0 Å². The quantitative estimate of drug-likeness (QED) is 0.138. The van der Waals surface area contributed by atoms with Crippen LogP contribution in [0.15, 0.2) is 186 Å². The summed E-state index contributed by atoms with van der Waals surface area (Å²) in [6.45, 7) is 0. The first-order valence-electron chi connectivity index (χ1n) is 17.6. The van der Waals surface area contributed by atoms with Crippen LogP contribution in [0.5, 0.6) is 0 Å². The van der Waals surface area contributed by atoms with Crippen LogP contribution in [-0.4, -0.2) is 0 Å². The highest BCUT2D eigenvalue weighted by Gasteiger charge is 2.22. The fourth-order valence-corrected chi connectivity index (χ4v) is 8.62. The molecule has 0 atom stereocenters. The highest BCUT2D eigenvalue weighted by molar-refractivity contribution is 6.30. The van der Waals surface area contributed by atoms with Gasteiger partial charge in [-0.2, -0.15) is 0 Å². The Bertz CT molecular complexity index is 3130. The molecule has 0 spiro atoms. The van der Waals surface area contributed by atoms with Crippen LogP contribution < -0.4 is 0 Å². The lowest BCUT2D eigenvalue weighted by atomic mass is 9.82. The highest BCUT2D eigenvalue weighted by Crippen LogP contribution is 2.49. The Morgan fingerprint density at radius 2 is 0.824 bits per heavy atom. The van der Waals surface area contributed by atoms with Gasteiger partial charge in [0.1, 0.15) is 11.2 Å². The normalized spacial score (nSPS) is 11.9. The summed E-state index contributed by atoms with van der Waals surface area (Å²) in [6, 6.07) is 66.3. The number of fused-ring (bicyclic) bond motifs is 10. The second kappa shape index (κ2) is 10.9. The third-order valence-electron chi connectivity index (χ3n) is 10.8. The van der Waals surface area contributed by atoms with Crippen molar-refractivity contribution in [2.24, 2.45) is 0 Å². The Balaban J connectivity index is 1.31. The first-order valence-corrected chi connectivity index (χ1v) is 17.6. The van der Waals surface area contributed by atoms with Crippen LogP contribution in [0.25, 0.3) is 109 Å². The molecule has 51 heavy (non-hydrogen) atoms. The van der Waals surface area contributed by atoms with Crippen molar-refractivity contribution in [3.63, 3.8) is 0 Å². The molecule has 0 saturated carbocycles. The molecule has 1 nitrogen and oxygen atoms in total. The van der Waals surface area contributed by atoms with Crippen molar-refractivity contribution in [3.8, 4) is 33.4 Å². The van der Waals surface area contributed by atoms with Gasteiger partial charge in [-0.25, -0.2) is 0 Å². The number of hydrogen-bond acceptors (Lipinski definition) is 1. The molecule has 0 fully saturated rings. The van der Waals surface area contributed by atoms with E-state index in [9.17, 15) is 0 Å². The largest absolute Gasteiger partial charge is 0.456 e. The topological polar surface area (TPSA) is 13.1 Å². The van der Waals surface area contributed by atoms with Crippen molar-refractivity contribution in [2.75, 3.05) is 0 Å². The summed E-state index contributed by atoms with van der Waals surface area (Å²) in [5.41, 5.74) is 9.18. The van der Waals surface area contributed by atoms with Gasteiger partial charge < -0.3 is 4.42 Å². The van der Waals surface area contributed by atoms with Gasteiger partial charge in [-0.05, 0) is 112 Å². The van der Waals surface area contributed by atoms with E-state index >= 15 is 0 Å². The second-order valence-corrected chi connectivity index (χ2v) is 13.6. The first-order chi connectivity index (χ1) is 25.3. The van der Waals surface area contributed by atoms with Gasteiger partial charge in [0, 0.05) is 10.8 Å². The molecule has 1 heterocycles. The van der Waals surface area contributed by atoms with E-state index in [1.54, 1.807) is 0 Å². The average molecular weight is 647 g/mol. The molecule has 0 aliphatic carbocycles. The Labute approximate surface area is 294 Å². The number of hydrogen-bond donors (Lipinski definition) is 0. The van der Waals surface area contributed by atoms with Gasteiger partial charge in [0.25, 0.3) is 0 Å². The maximum Gasteiger partial charge on any atom is 0.136 e. The van der Waals surface area contributed by atoms with Crippen molar-refractivity contribution >= 4 is 75.8 Å². The monoisotopic (exact) mass is 646 g/mol. The van der Waals surface area contributed by atoms with E-state index in [-0.39, 0.29) is 0 Å². The zero-order valence-corrected chi connectivity index (χ0v) is 27.7. The molecule has 10 aromatic carbocycles. The van der Waals surface area contributed by atoms with E-state index < -0.39 is 0 Å². The summed E-state index contributed by atoms with van der Waals surface area (Å²) < 4.78 is 6.58. The molecule has 1 aromatic heterocycles. The van der Waals surface area contributed by atoms with Crippen molar-refractivity contribution in [3.05, 3.63) is 182 Å². The molecule has 0 radical (unpaired) electrons. The average Bonchev–Trinajstić information content (AvgIpc) is 3.60. The SMILES string of the molecule is c1ccc(-c2cc(-c3c4ccccc4c(-c4cccc5oc6ccc7ccccc7c6c45)c4ccccc34)c3ccc4ccccc4c3c2)cc1. The van der Waals surface area contributed by atoms with Gasteiger partial charge >= 0.3 is 0 Å². The number of benzene rings is 10. The van der Waals surface area contributed by atoms with Crippen molar-refractivity contribution < 1.29 is 4.42 Å². The molecule has 11 rings (SSSR count). The number of rotatable bonds is 3. The van der Waals surface area contributed by atoms with Crippen LogP contribution in [0, 0.1) is 0 Å². The van der Waals surface area contributed by atoms with Crippen LogP contribution in [0.4, 0.5) is 0 Å². The lowest BCUT2D eigenvalue weighted by Crippen LogP contribution is -1.93. The summed E-state index contributed by atoms with van der Waals surface area (Å²) in [6.07, 6.45) is 0. The summed E-state index contributed by atoms with van der Waals surface area (Å²) in [5, 5.41) is 14.7. The minimum Gasteiger partial charge on any atom is -0.456 e. The zero-order valence-electron chi connectivity index (χ0n) is 27.7. The molecule has 1 heteroatoms. The van der Waals surface area contributed by atoms with E-state index in [1.807, 2.05) is 0 Å². The first kappa shape index (κ1) is 28.2. The minimum atomic E-state index is 0.907. The summed E-state index contributed by atoms with van der Waals surface area (Å²) in [5.74, 6) is 0. The van der Waals surface area contributed by atoms with Crippen LogP contribution in [0.1, 0.15) is 0 Å². The summed E-state index contributed by atoms with van der Waals surface area (Å²) >= 11 is 0. The standard InChI is InChI=1S/C50H30O/c1-2-13-31(14-3-1)34-29-43-35-17-6-4-15-32(35)25-27-37(43)44(30-34)48-40-21-10-8-19-38(40)47(39-20-9-11-22-41(39)48)42-23-12-24-45-50(42)49-36-18-7-5-16-33(36)26-28-46(49)51-45/h1-30H. The van der Waals surface area contributed by atoms with E-state index in [4.69, 9.17) is 4.42 Å². The van der Waals surface area contributed by atoms with Crippen molar-refractivity contribution in [2.45, 2.75) is 0 Å². The maximum absolute atomic E-state index is 6.58. The highest BCUT2D eigenvalue weighted by atomic mass is 16.3.